The Labute approximate surface area is 294 Å². The molecule has 0 saturated carbocycles. The van der Waals surface area contributed by atoms with Crippen LogP contribution in [0.4, 0.5) is 0 Å². The van der Waals surface area contributed by atoms with Crippen LogP contribution in [0.1, 0.15) is 0 Å². The summed E-state index contributed by atoms with van der Waals surface area (Å²) in [5.74, 6) is 1.76. The Morgan fingerprint density at radius 2 is 0.922 bits per heavy atom. The molecule has 0 spiro atoms. The zero-order chi connectivity index (χ0) is 33.5. The lowest BCUT2D eigenvalue weighted by Crippen LogP contribution is -2.05. The largest absolute Gasteiger partial charge is 0.452 e. The third-order valence-corrected chi connectivity index (χ3v) is 10.5. The predicted octanol–water partition coefficient (Wildman–Crippen LogP) is 13.0. The van der Waals surface area contributed by atoms with E-state index in [4.69, 9.17) is 4.74 Å². The highest BCUT2D eigenvalue weighted by Crippen LogP contribution is 2.49. The molecule has 10 aromatic rings. The lowest BCUT2D eigenvalue weighted by Gasteiger charge is -2.23. The summed E-state index contributed by atoms with van der Waals surface area (Å²) in [7, 11) is 0. The highest BCUT2D eigenvalue weighted by Gasteiger charge is 2.26. The van der Waals surface area contributed by atoms with Crippen molar-refractivity contribution in [1.29, 1.82) is 0 Å². The molecule has 0 aliphatic carbocycles. The van der Waals surface area contributed by atoms with E-state index in [1.807, 2.05) is 0 Å². The molecule has 0 amide bonds. The van der Waals surface area contributed by atoms with E-state index in [0.29, 0.717) is 0 Å². The van der Waals surface area contributed by atoms with Crippen molar-refractivity contribution in [2.24, 2.45) is 0 Å². The second kappa shape index (κ2) is 10.8. The second-order valence-electron chi connectivity index (χ2n) is 13.3. The van der Waals surface area contributed by atoms with Crippen LogP contribution in [0.25, 0.3) is 88.4 Å². The van der Waals surface area contributed by atoms with Crippen LogP contribution in [-0.4, -0.2) is 9.13 Å². The van der Waals surface area contributed by atoms with Gasteiger partial charge in [0.2, 0.25) is 0 Å². The molecule has 51 heavy (non-hydrogen) atoms. The standard InChI is InChI=1S/C48H30N2O/c1-3-11-31(12-4-1)34-23-27-43-40(29-34)41-30-35(32-13-5-2-6-14-32)24-28-44(41)49(43)36-25-21-33(22-26-36)37-16-9-19-45-48(37)51-46-20-10-17-39-38-15-7-8-18-42(38)50(45)47(39)46/h1-30H. The number of nitrogens with zero attached hydrogens (tertiary/aromatic N) is 2. The van der Waals surface area contributed by atoms with Crippen LogP contribution < -0.4 is 4.74 Å². The molecule has 8 aromatic carbocycles. The minimum absolute atomic E-state index is 0.880. The SMILES string of the molecule is c1ccc(-c2ccc3c(c2)c2cc(-c4ccccc4)ccc2n3-c2ccc(-c3cccc4c3Oc3cccc5c6ccccc6n-4c35)cc2)cc1. The fourth-order valence-electron chi connectivity index (χ4n) is 8.18. The first-order valence-electron chi connectivity index (χ1n) is 17.4. The predicted molar refractivity (Wildman–Crippen MR) is 212 cm³/mol. The highest BCUT2D eigenvalue weighted by atomic mass is 16.5. The summed E-state index contributed by atoms with van der Waals surface area (Å²) in [4.78, 5) is 0. The van der Waals surface area contributed by atoms with Crippen LogP contribution in [0.15, 0.2) is 182 Å². The Balaban J connectivity index is 1.07. The summed E-state index contributed by atoms with van der Waals surface area (Å²) in [5, 5.41) is 4.92. The molecule has 0 radical (unpaired) electrons. The van der Waals surface area contributed by atoms with Crippen molar-refractivity contribution in [3.63, 3.8) is 0 Å². The van der Waals surface area contributed by atoms with Crippen LogP contribution in [0.3, 0.4) is 0 Å². The monoisotopic (exact) mass is 650 g/mol. The Morgan fingerprint density at radius 3 is 1.61 bits per heavy atom. The summed E-state index contributed by atoms with van der Waals surface area (Å²) in [5.41, 5.74) is 13.9. The quantitative estimate of drug-likeness (QED) is 0.185. The maximum atomic E-state index is 6.75. The van der Waals surface area contributed by atoms with E-state index in [2.05, 4.69) is 191 Å². The fraction of sp³-hybridized carbons (Fsp3) is 0. The molecule has 1 aliphatic rings. The number of ether oxygens (including phenoxy) is 1. The van der Waals surface area contributed by atoms with Crippen molar-refractivity contribution in [3.8, 4) is 56.3 Å². The molecule has 11 rings (SSSR count). The maximum Gasteiger partial charge on any atom is 0.159 e. The van der Waals surface area contributed by atoms with E-state index < -0.39 is 0 Å². The van der Waals surface area contributed by atoms with Gasteiger partial charge in [-0.15, -0.1) is 0 Å². The van der Waals surface area contributed by atoms with Gasteiger partial charge < -0.3 is 13.9 Å². The molecule has 238 valence electrons. The van der Waals surface area contributed by atoms with Gasteiger partial charge in [-0.1, -0.05) is 127 Å². The first-order valence-corrected chi connectivity index (χ1v) is 17.4. The van der Waals surface area contributed by atoms with Gasteiger partial charge in [0.1, 0.15) is 0 Å². The zero-order valence-corrected chi connectivity index (χ0v) is 27.6. The van der Waals surface area contributed by atoms with Crippen LogP contribution in [0, 0.1) is 0 Å². The van der Waals surface area contributed by atoms with Crippen LogP contribution in [0.2, 0.25) is 0 Å². The number of fused-ring (bicyclic) bond motifs is 8. The average molecular weight is 651 g/mol. The molecule has 0 bridgehead atoms. The van der Waals surface area contributed by atoms with Crippen molar-refractivity contribution >= 4 is 43.6 Å². The topological polar surface area (TPSA) is 19.1 Å². The molecule has 0 saturated heterocycles. The van der Waals surface area contributed by atoms with E-state index in [1.165, 1.54) is 60.3 Å². The number of hydrogen-bond donors (Lipinski definition) is 0. The first kappa shape index (κ1) is 28.0. The van der Waals surface area contributed by atoms with E-state index in [9.17, 15) is 0 Å². The Bertz CT molecular complexity index is 2870. The summed E-state index contributed by atoms with van der Waals surface area (Å²) in [6.45, 7) is 0. The van der Waals surface area contributed by atoms with E-state index in [1.54, 1.807) is 0 Å². The number of aromatic nitrogens is 2. The molecule has 3 heteroatoms. The Kier molecular flexibility index (Phi) is 5.96. The fourth-order valence-corrected chi connectivity index (χ4v) is 8.18. The van der Waals surface area contributed by atoms with Gasteiger partial charge in [-0.05, 0) is 82.4 Å². The van der Waals surface area contributed by atoms with Crippen LogP contribution in [0.5, 0.6) is 11.5 Å². The molecule has 2 aromatic heterocycles. The summed E-state index contributed by atoms with van der Waals surface area (Å²) in [6.07, 6.45) is 0. The van der Waals surface area contributed by atoms with Crippen LogP contribution in [-0.2, 0) is 0 Å². The molecular formula is C48H30N2O. The van der Waals surface area contributed by atoms with Gasteiger partial charge in [0.15, 0.2) is 11.5 Å². The molecular weight excluding hydrogens is 621 g/mol. The molecule has 0 fully saturated rings. The van der Waals surface area contributed by atoms with Gasteiger partial charge in [0.25, 0.3) is 0 Å². The number of benzene rings is 8. The third-order valence-electron chi connectivity index (χ3n) is 10.5. The van der Waals surface area contributed by atoms with Gasteiger partial charge in [0, 0.05) is 32.8 Å². The molecule has 1 aliphatic heterocycles. The third kappa shape index (κ3) is 4.19. The maximum absolute atomic E-state index is 6.75. The van der Waals surface area contributed by atoms with E-state index in [-0.39, 0.29) is 0 Å². The Hall–Kier alpha value is -6.84. The lowest BCUT2D eigenvalue weighted by atomic mass is 10.0. The van der Waals surface area contributed by atoms with Crippen molar-refractivity contribution in [1.82, 2.24) is 9.13 Å². The number of hydrogen-bond acceptors (Lipinski definition) is 1. The van der Waals surface area contributed by atoms with E-state index in [0.717, 1.165) is 39.5 Å². The van der Waals surface area contributed by atoms with Crippen molar-refractivity contribution in [2.75, 3.05) is 0 Å². The molecule has 3 nitrogen and oxygen atoms in total. The molecule has 0 unspecified atom stereocenters. The number of rotatable bonds is 4. The van der Waals surface area contributed by atoms with Gasteiger partial charge in [-0.3, -0.25) is 0 Å². The van der Waals surface area contributed by atoms with Crippen molar-refractivity contribution in [2.45, 2.75) is 0 Å². The minimum Gasteiger partial charge on any atom is -0.452 e. The number of para-hydroxylation sites is 3. The van der Waals surface area contributed by atoms with Gasteiger partial charge in [0.05, 0.1) is 27.8 Å². The molecule has 3 heterocycles. The smallest absolute Gasteiger partial charge is 0.159 e. The van der Waals surface area contributed by atoms with Gasteiger partial charge in [-0.25, -0.2) is 0 Å². The molecule has 0 atom stereocenters. The van der Waals surface area contributed by atoms with Crippen molar-refractivity contribution < 1.29 is 4.74 Å². The summed E-state index contributed by atoms with van der Waals surface area (Å²) >= 11 is 0. The first-order chi connectivity index (χ1) is 25.3. The summed E-state index contributed by atoms with van der Waals surface area (Å²) < 4.78 is 11.5. The summed E-state index contributed by atoms with van der Waals surface area (Å²) in [6, 6.07) is 65.4. The minimum atomic E-state index is 0.880. The zero-order valence-electron chi connectivity index (χ0n) is 27.6. The lowest BCUT2D eigenvalue weighted by molar-refractivity contribution is 0.478. The normalized spacial score (nSPS) is 12.1. The highest BCUT2D eigenvalue weighted by molar-refractivity contribution is 6.13. The van der Waals surface area contributed by atoms with Crippen LogP contribution >= 0.6 is 0 Å². The van der Waals surface area contributed by atoms with Gasteiger partial charge >= 0.3 is 0 Å². The average Bonchev–Trinajstić information content (AvgIpc) is 3.72. The van der Waals surface area contributed by atoms with Crippen molar-refractivity contribution in [3.05, 3.63) is 182 Å². The Morgan fingerprint density at radius 1 is 0.353 bits per heavy atom. The second-order valence-corrected chi connectivity index (χ2v) is 13.3. The molecule has 0 N–H and O–H groups in total. The van der Waals surface area contributed by atoms with Gasteiger partial charge in [-0.2, -0.15) is 0 Å². The van der Waals surface area contributed by atoms with E-state index >= 15 is 0 Å².